The molecule has 2 N–H and O–H groups in total. The molecule has 0 aliphatic heterocycles. The Kier molecular flexibility index (Phi) is 3.91. The number of ether oxygens (including phenoxy) is 1. The summed E-state index contributed by atoms with van der Waals surface area (Å²) in [5.41, 5.74) is 2.08. The molecule has 114 valence electrons. The number of hydrogen-bond acceptors (Lipinski definition) is 5. The molecule has 0 radical (unpaired) electrons. The summed E-state index contributed by atoms with van der Waals surface area (Å²) >= 11 is 0. The lowest BCUT2D eigenvalue weighted by Crippen LogP contribution is -2.14. The summed E-state index contributed by atoms with van der Waals surface area (Å²) in [4.78, 5) is 20.6. The first-order valence-electron chi connectivity index (χ1n) is 7.20. The number of rotatable bonds is 5. The zero-order valence-electron chi connectivity index (χ0n) is 12.6. The predicted molar refractivity (Wildman–Crippen MR) is 84.4 cm³/mol. The Bertz CT molecular complexity index is 681. The van der Waals surface area contributed by atoms with E-state index in [1.54, 1.807) is 7.11 Å². The topological polar surface area (TPSA) is 76.1 Å². The number of benzene rings is 1. The third kappa shape index (κ3) is 3.33. The highest BCUT2D eigenvalue weighted by atomic mass is 16.5. The van der Waals surface area contributed by atoms with Crippen molar-refractivity contribution in [3.05, 3.63) is 41.7 Å². The summed E-state index contributed by atoms with van der Waals surface area (Å²) in [5, 5.41) is 6.01. The first-order chi connectivity index (χ1) is 10.7. The molecular formula is C16H18N4O2. The number of aryl methyl sites for hydroxylation is 1. The summed E-state index contributed by atoms with van der Waals surface area (Å²) in [6, 6.07) is 6.09. The maximum Gasteiger partial charge on any atom is 0.258 e. The van der Waals surface area contributed by atoms with Gasteiger partial charge in [0.2, 0.25) is 5.95 Å². The first kappa shape index (κ1) is 14.3. The van der Waals surface area contributed by atoms with E-state index in [0.29, 0.717) is 29.0 Å². The van der Waals surface area contributed by atoms with E-state index in [9.17, 15) is 4.79 Å². The minimum atomic E-state index is -0.262. The van der Waals surface area contributed by atoms with E-state index in [2.05, 4.69) is 20.6 Å². The minimum Gasteiger partial charge on any atom is -0.495 e. The molecule has 22 heavy (non-hydrogen) atoms. The summed E-state index contributed by atoms with van der Waals surface area (Å²) in [6.07, 6.45) is 5.35. The molecular weight excluding hydrogens is 280 g/mol. The highest BCUT2D eigenvalue weighted by molar-refractivity contribution is 6.04. The number of hydrogen-bond donors (Lipinski definition) is 2. The Morgan fingerprint density at radius 1 is 1.27 bits per heavy atom. The molecule has 2 aromatic rings. The fraction of sp³-hybridized carbons (Fsp3) is 0.312. The van der Waals surface area contributed by atoms with Crippen LogP contribution in [0.15, 0.2) is 30.6 Å². The fourth-order valence-electron chi connectivity index (χ4n) is 2.04. The molecule has 1 aromatic heterocycles. The van der Waals surface area contributed by atoms with E-state index in [1.807, 2.05) is 25.1 Å². The Balaban J connectivity index is 1.72. The fourth-order valence-corrected chi connectivity index (χ4v) is 2.04. The van der Waals surface area contributed by atoms with Crippen molar-refractivity contribution in [3.8, 4) is 5.75 Å². The summed E-state index contributed by atoms with van der Waals surface area (Å²) < 4.78 is 5.25. The van der Waals surface area contributed by atoms with Gasteiger partial charge in [-0.2, -0.15) is 0 Å². The van der Waals surface area contributed by atoms with Crippen LogP contribution in [0.25, 0.3) is 0 Å². The van der Waals surface area contributed by atoms with Gasteiger partial charge >= 0.3 is 0 Å². The number of anilines is 2. The maximum absolute atomic E-state index is 12.3. The molecule has 1 aliphatic carbocycles. The van der Waals surface area contributed by atoms with Crippen molar-refractivity contribution in [1.29, 1.82) is 0 Å². The van der Waals surface area contributed by atoms with Gasteiger partial charge < -0.3 is 15.4 Å². The average Bonchev–Trinajstić information content (AvgIpc) is 3.32. The maximum atomic E-state index is 12.3. The molecule has 0 saturated heterocycles. The van der Waals surface area contributed by atoms with Crippen LogP contribution in [0.5, 0.6) is 5.75 Å². The number of amides is 1. The van der Waals surface area contributed by atoms with E-state index < -0.39 is 0 Å². The third-order valence-corrected chi connectivity index (χ3v) is 3.43. The van der Waals surface area contributed by atoms with E-state index in [4.69, 9.17) is 4.74 Å². The predicted octanol–water partition coefficient (Wildman–Crippen LogP) is 2.62. The van der Waals surface area contributed by atoms with Crippen LogP contribution in [0.3, 0.4) is 0 Å². The van der Waals surface area contributed by atoms with Crippen molar-refractivity contribution in [1.82, 2.24) is 9.97 Å². The number of nitrogens with one attached hydrogen (secondary N) is 2. The largest absolute Gasteiger partial charge is 0.495 e. The Morgan fingerprint density at radius 3 is 2.64 bits per heavy atom. The molecule has 6 nitrogen and oxygen atoms in total. The lowest BCUT2D eigenvalue weighted by atomic mass is 10.2. The zero-order valence-corrected chi connectivity index (χ0v) is 12.6. The second-order valence-corrected chi connectivity index (χ2v) is 5.37. The van der Waals surface area contributed by atoms with Crippen molar-refractivity contribution in [3.63, 3.8) is 0 Å². The van der Waals surface area contributed by atoms with Crippen LogP contribution in [-0.2, 0) is 0 Å². The quantitative estimate of drug-likeness (QED) is 0.887. The number of aromatic nitrogens is 2. The molecule has 0 atom stereocenters. The molecule has 0 bridgehead atoms. The average molecular weight is 298 g/mol. The monoisotopic (exact) mass is 298 g/mol. The normalized spacial score (nSPS) is 13.5. The van der Waals surface area contributed by atoms with Crippen LogP contribution in [0.2, 0.25) is 0 Å². The SMILES string of the molecule is COc1ccc(C)cc1NC(=O)c1cnc(NC2CC2)nc1. The Hall–Kier alpha value is -2.63. The van der Waals surface area contributed by atoms with Gasteiger partial charge in [0, 0.05) is 18.4 Å². The van der Waals surface area contributed by atoms with Gasteiger partial charge in [-0.3, -0.25) is 4.79 Å². The van der Waals surface area contributed by atoms with Crippen LogP contribution < -0.4 is 15.4 Å². The Labute approximate surface area is 128 Å². The zero-order chi connectivity index (χ0) is 15.5. The van der Waals surface area contributed by atoms with Gasteiger partial charge in [-0.05, 0) is 37.5 Å². The molecule has 1 fully saturated rings. The van der Waals surface area contributed by atoms with Crippen LogP contribution in [0.1, 0.15) is 28.8 Å². The smallest absolute Gasteiger partial charge is 0.258 e. The van der Waals surface area contributed by atoms with Crippen molar-refractivity contribution >= 4 is 17.5 Å². The van der Waals surface area contributed by atoms with Gasteiger partial charge in [-0.15, -0.1) is 0 Å². The van der Waals surface area contributed by atoms with E-state index >= 15 is 0 Å². The summed E-state index contributed by atoms with van der Waals surface area (Å²) in [6.45, 7) is 1.95. The molecule has 1 amide bonds. The highest BCUT2D eigenvalue weighted by Crippen LogP contribution is 2.26. The molecule has 3 rings (SSSR count). The molecule has 1 saturated carbocycles. The summed E-state index contributed by atoms with van der Waals surface area (Å²) in [7, 11) is 1.57. The van der Waals surface area contributed by atoms with Crippen LogP contribution in [-0.4, -0.2) is 29.0 Å². The van der Waals surface area contributed by atoms with Crippen molar-refractivity contribution in [2.24, 2.45) is 0 Å². The molecule has 1 aliphatic rings. The number of nitrogens with zero attached hydrogens (tertiary/aromatic N) is 2. The van der Waals surface area contributed by atoms with Gasteiger partial charge in [-0.25, -0.2) is 9.97 Å². The second kappa shape index (κ2) is 6.01. The molecule has 1 heterocycles. The van der Waals surface area contributed by atoms with E-state index in [-0.39, 0.29) is 5.91 Å². The molecule has 0 spiro atoms. The Morgan fingerprint density at radius 2 is 2.00 bits per heavy atom. The highest BCUT2D eigenvalue weighted by Gasteiger charge is 2.21. The van der Waals surface area contributed by atoms with E-state index in [1.165, 1.54) is 12.4 Å². The van der Waals surface area contributed by atoms with Crippen molar-refractivity contribution in [2.45, 2.75) is 25.8 Å². The minimum absolute atomic E-state index is 0.262. The number of carbonyl (C=O) groups is 1. The van der Waals surface area contributed by atoms with Crippen LogP contribution in [0, 0.1) is 6.92 Å². The van der Waals surface area contributed by atoms with E-state index in [0.717, 1.165) is 18.4 Å². The first-order valence-corrected chi connectivity index (χ1v) is 7.20. The van der Waals surface area contributed by atoms with Gasteiger partial charge in [0.15, 0.2) is 0 Å². The van der Waals surface area contributed by atoms with Gasteiger partial charge in [0.1, 0.15) is 5.75 Å². The van der Waals surface area contributed by atoms with Gasteiger partial charge in [0.25, 0.3) is 5.91 Å². The molecule has 1 aromatic carbocycles. The summed E-state index contributed by atoms with van der Waals surface area (Å²) in [5.74, 6) is 0.918. The van der Waals surface area contributed by atoms with Crippen molar-refractivity contribution in [2.75, 3.05) is 17.7 Å². The molecule has 0 unspecified atom stereocenters. The number of methoxy groups -OCH3 is 1. The standard InChI is InChI=1S/C16H18N4O2/c1-10-3-6-14(22-2)13(7-10)20-15(21)11-8-17-16(18-9-11)19-12-4-5-12/h3,6-9,12H,4-5H2,1-2H3,(H,20,21)(H,17,18,19). The lowest BCUT2D eigenvalue weighted by Gasteiger charge is -2.11. The van der Waals surface area contributed by atoms with Gasteiger partial charge in [0.05, 0.1) is 18.4 Å². The third-order valence-electron chi connectivity index (χ3n) is 3.43. The van der Waals surface area contributed by atoms with Crippen LogP contribution in [0.4, 0.5) is 11.6 Å². The van der Waals surface area contributed by atoms with Crippen LogP contribution >= 0.6 is 0 Å². The lowest BCUT2D eigenvalue weighted by molar-refractivity contribution is 0.102. The number of carbonyl (C=O) groups excluding carboxylic acids is 1. The molecule has 6 heteroatoms. The van der Waals surface area contributed by atoms with Gasteiger partial charge in [-0.1, -0.05) is 6.07 Å². The van der Waals surface area contributed by atoms with Crippen molar-refractivity contribution < 1.29 is 9.53 Å². The second-order valence-electron chi connectivity index (χ2n) is 5.37.